The lowest BCUT2D eigenvalue weighted by Gasteiger charge is -2.23. The van der Waals surface area contributed by atoms with Crippen molar-refractivity contribution in [2.45, 2.75) is 6.04 Å². The summed E-state index contributed by atoms with van der Waals surface area (Å²) in [6, 6.07) is 6.19. The molecule has 1 amide bonds. The fraction of sp³-hybridized carbons (Fsp3) is 0.308. The molecule has 0 aliphatic carbocycles. The van der Waals surface area contributed by atoms with Crippen molar-refractivity contribution < 1.29 is 4.79 Å². The zero-order valence-electron chi connectivity index (χ0n) is 10.7. The first-order valence-corrected chi connectivity index (χ1v) is 8.35. The molecule has 6 heteroatoms. The van der Waals surface area contributed by atoms with Crippen molar-refractivity contribution in [1.29, 1.82) is 0 Å². The smallest absolute Gasteiger partial charge is 0.252 e. The molecule has 3 nitrogen and oxygen atoms in total. The minimum atomic E-state index is -0.0228. The monoisotopic (exact) mass is 358 g/mol. The van der Waals surface area contributed by atoms with E-state index in [2.05, 4.69) is 37.6 Å². The van der Waals surface area contributed by atoms with Crippen molar-refractivity contribution >= 4 is 44.5 Å². The molecule has 0 saturated heterocycles. The lowest BCUT2D eigenvalue weighted by atomic mass is 10.2. The Labute approximate surface area is 129 Å². The number of hydrogen-bond donors (Lipinski definition) is 1. The summed E-state index contributed by atoms with van der Waals surface area (Å²) in [6.07, 6.45) is 0. The maximum atomic E-state index is 12.0. The van der Waals surface area contributed by atoms with Gasteiger partial charge in [-0.05, 0) is 47.5 Å². The molecule has 0 saturated carbocycles. The Morgan fingerprint density at radius 1 is 1.47 bits per heavy atom. The van der Waals surface area contributed by atoms with E-state index in [9.17, 15) is 4.79 Å². The van der Waals surface area contributed by atoms with Gasteiger partial charge in [0, 0.05) is 16.8 Å². The number of hydrogen-bond acceptors (Lipinski definition) is 4. The molecule has 0 radical (unpaired) electrons. The topological polar surface area (TPSA) is 32.3 Å². The van der Waals surface area contributed by atoms with Crippen LogP contribution in [0.3, 0.4) is 0 Å². The molecule has 102 valence electrons. The number of rotatable bonds is 5. The summed E-state index contributed by atoms with van der Waals surface area (Å²) in [5.74, 6) is -0.0228. The normalized spacial score (nSPS) is 12.6. The minimum absolute atomic E-state index is 0.0228. The second kappa shape index (κ2) is 6.65. The van der Waals surface area contributed by atoms with Gasteiger partial charge in [0.25, 0.3) is 5.91 Å². The predicted octanol–water partition coefficient (Wildman–Crippen LogP) is 3.60. The molecule has 19 heavy (non-hydrogen) atoms. The zero-order valence-corrected chi connectivity index (χ0v) is 13.9. The number of likely N-dealkylation sites (N-methyl/N-ethyl adjacent to an activating group) is 1. The molecule has 1 atom stereocenters. The van der Waals surface area contributed by atoms with Gasteiger partial charge in [0.1, 0.15) is 0 Å². The number of halogens is 1. The highest BCUT2D eigenvalue weighted by atomic mass is 79.9. The Hall–Kier alpha value is -0.690. The van der Waals surface area contributed by atoms with E-state index in [-0.39, 0.29) is 11.9 Å². The van der Waals surface area contributed by atoms with E-state index in [1.54, 1.807) is 11.3 Å². The van der Waals surface area contributed by atoms with Gasteiger partial charge in [-0.15, -0.1) is 22.7 Å². The average molecular weight is 359 g/mol. The molecule has 2 heterocycles. The van der Waals surface area contributed by atoms with Gasteiger partial charge in [-0.25, -0.2) is 0 Å². The van der Waals surface area contributed by atoms with Crippen LogP contribution in [0.2, 0.25) is 0 Å². The fourth-order valence-corrected chi connectivity index (χ4v) is 3.80. The summed E-state index contributed by atoms with van der Waals surface area (Å²) >= 11 is 6.60. The molecule has 2 rings (SSSR count). The Morgan fingerprint density at radius 3 is 2.79 bits per heavy atom. The maximum Gasteiger partial charge on any atom is 0.252 e. The van der Waals surface area contributed by atoms with Crippen molar-refractivity contribution in [3.8, 4) is 0 Å². The molecule has 1 N–H and O–H groups in total. The van der Waals surface area contributed by atoms with E-state index >= 15 is 0 Å². The highest BCUT2D eigenvalue weighted by Crippen LogP contribution is 2.23. The predicted molar refractivity (Wildman–Crippen MR) is 85.1 cm³/mol. The van der Waals surface area contributed by atoms with E-state index < -0.39 is 0 Å². The molecule has 0 bridgehead atoms. The van der Waals surface area contributed by atoms with Gasteiger partial charge >= 0.3 is 0 Å². The molecular weight excluding hydrogens is 344 g/mol. The number of nitrogens with one attached hydrogen (secondary N) is 1. The van der Waals surface area contributed by atoms with E-state index in [1.165, 1.54) is 16.2 Å². The third-order valence-electron chi connectivity index (χ3n) is 2.78. The van der Waals surface area contributed by atoms with Crippen molar-refractivity contribution in [1.82, 2.24) is 10.2 Å². The number of carbonyl (C=O) groups is 1. The Bertz CT molecular complexity index is 537. The van der Waals surface area contributed by atoms with Crippen LogP contribution >= 0.6 is 38.6 Å². The lowest BCUT2D eigenvalue weighted by Crippen LogP contribution is -2.34. The minimum Gasteiger partial charge on any atom is -0.350 e. The molecule has 0 spiro atoms. The van der Waals surface area contributed by atoms with Gasteiger partial charge in [-0.1, -0.05) is 6.07 Å². The fourth-order valence-electron chi connectivity index (χ4n) is 1.74. The number of nitrogens with zero attached hydrogens (tertiary/aromatic N) is 1. The van der Waals surface area contributed by atoms with Crippen molar-refractivity contribution in [3.63, 3.8) is 0 Å². The molecule has 2 aromatic heterocycles. The Kier molecular flexibility index (Phi) is 5.15. The SMILES string of the molecule is CN(C)C(CNC(=O)c1csc(Br)c1)c1cccs1. The van der Waals surface area contributed by atoms with Crippen LogP contribution in [0, 0.1) is 0 Å². The summed E-state index contributed by atoms with van der Waals surface area (Å²) in [5, 5.41) is 6.91. The van der Waals surface area contributed by atoms with E-state index in [1.807, 2.05) is 31.6 Å². The van der Waals surface area contributed by atoms with Gasteiger partial charge in [-0.2, -0.15) is 0 Å². The first-order valence-electron chi connectivity index (χ1n) is 5.80. The summed E-state index contributed by atoms with van der Waals surface area (Å²) in [6.45, 7) is 0.611. The summed E-state index contributed by atoms with van der Waals surface area (Å²) in [7, 11) is 4.05. The number of amides is 1. The molecular formula is C13H15BrN2OS2. The summed E-state index contributed by atoms with van der Waals surface area (Å²) in [4.78, 5) is 15.4. The van der Waals surface area contributed by atoms with Crippen LogP contribution in [0.15, 0.2) is 32.7 Å². The zero-order chi connectivity index (χ0) is 13.8. The number of carbonyl (C=O) groups excluding carboxylic acids is 1. The Balaban J connectivity index is 1.98. The van der Waals surface area contributed by atoms with Crippen molar-refractivity contribution in [2.75, 3.05) is 20.6 Å². The molecule has 0 aromatic carbocycles. The van der Waals surface area contributed by atoms with Crippen LogP contribution < -0.4 is 5.32 Å². The van der Waals surface area contributed by atoms with Crippen LogP contribution in [-0.2, 0) is 0 Å². The van der Waals surface area contributed by atoms with Crippen LogP contribution in [0.25, 0.3) is 0 Å². The molecule has 2 aromatic rings. The van der Waals surface area contributed by atoms with Gasteiger partial charge < -0.3 is 10.2 Å². The number of thiophene rings is 2. The van der Waals surface area contributed by atoms with Crippen LogP contribution in [0.4, 0.5) is 0 Å². The van der Waals surface area contributed by atoms with Crippen LogP contribution in [0.5, 0.6) is 0 Å². The largest absolute Gasteiger partial charge is 0.350 e. The van der Waals surface area contributed by atoms with Gasteiger partial charge in [0.05, 0.1) is 15.4 Å². The molecule has 0 aliphatic heterocycles. The average Bonchev–Trinajstić information content (AvgIpc) is 3.00. The quantitative estimate of drug-likeness (QED) is 0.885. The molecule has 1 unspecified atom stereocenters. The van der Waals surface area contributed by atoms with E-state index in [0.717, 1.165) is 3.79 Å². The molecule has 0 aliphatic rings. The highest BCUT2D eigenvalue weighted by Gasteiger charge is 2.17. The van der Waals surface area contributed by atoms with Gasteiger partial charge in [0.15, 0.2) is 0 Å². The Morgan fingerprint density at radius 2 is 2.26 bits per heavy atom. The standard InChI is InChI=1S/C13H15BrN2OS2/c1-16(2)10(11-4-3-5-18-11)7-15-13(17)9-6-12(14)19-8-9/h3-6,8,10H,7H2,1-2H3,(H,15,17). The van der Waals surface area contributed by atoms with Gasteiger partial charge in [0.2, 0.25) is 0 Å². The first kappa shape index (κ1) is 14.7. The third kappa shape index (κ3) is 3.89. The molecule has 0 fully saturated rings. The second-order valence-electron chi connectivity index (χ2n) is 4.34. The van der Waals surface area contributed by atoms with Gasteiger partial charge in [-0.3, -0.25) is 4.79 Å². The van der Waals surface area contributed by atoms with Crippen molar-refractivity contribution in [2.24, 2.45) is 0 Å². The van der Waals surface area contributed by atoms with Crippen LogP contribution in [0.1, 0.15) is 21.3 Å². The summed E-state index contributed by atoms with van der Waals surface area (Å²) < 4.78 is 0.972. The van der Waals surface area contributed by atoms with E-state index in [0.29, 0.717) is 12.1 Å². The van der Waals surface area contributed by atoms with Crippen LogP contribution in [-0.4, -0.2) is 31.4 Å². The highest BCUT2D eigenvalue weighted by molar-refractivity contribution is 9.11. The lowest BCUT2D eigenvalue weighted by molar-refractivity contribution is 0.0942. The van der Waals surface area contributed by atoms with E-state index in [4.69, 9.17) is 0 Å². The third-order valence-corrected chi connectivity index (χ3v) is 5.26. The first-order chi connectivity index (χ1) is 9.08. The maximum absolute atomic E-state index is 12.0. The second-order valence-corrected chi connectivity index (χ2v) is 7.61. The summed E-state index contributed by atoms with van der Waals surface area (Å²) in [5.41, 5.74) is 0.709. The van der Waals surface area contributed by atoms with Crippen molar-refractivity contribution in [3.05, 3.63) is 43.2 Å².